The number of likely N-dealkylation sites (N-methyl/N-ethyl adjacent to an activating group) is 2. The van der Waals surface area contributed by atoms with Crippen molar-refractivity contribution in [1.82, 2.24) is 9.80 Å². The number of rotatable bonds is 8. The molecule has 1 aromatic heterocycles. The van der Waals surface area contributed by atoms with Crippen LogP contribution in [0.15, 0.2) is 22.6 Å². The van der Waals surface area contributed by atoms with Gasteiger partial charge in [-0.05, 0) is 45.6 Å². The molecule has 0 saturated heterocycles. The van der Waals surface area contributed by atoms with E-state index in [2.05, 4.69) is 69.5 Å². The van der Waals surface area contributed by atoms with Gasteiger partial charge in [0.25, 0.3) is 0 Å². The van der Waals surface area contributed by atoms with Gasteiger partial charge in [-0.15, -0.1) is 0 Å². The molecule has 128 valence electrons. The maximum atomic E-state index is 6.15. The lowest BCUT2D eigenvalue weighted by Gasteiger charge is -2.34. The lowest BCUT2D eigenvalue weighted by molar-refractivity contribution is 0.156. The first-order chi connectivity index (χ1) is 11.1. The van der Waals surface area contributed by atoms with Crippen LogP contribution >= 0.6 is 0 Å². The van der Waals surface area contributed by atoms with Crippen LogP contribution in [-0.4, -0.2) is 42.5 Å². The summed E-state index contributed by atoms with van der Waals surface area (Å²) in [6.07, 6.45) is 0. The number of nitrogens with zero attached hydrogens (tertiary/aromatic N) is 2. The Morgan fingerprint density at radius 3 is 2.17 bits per heavy atom. The van der Waals surface area contributed by atoms with E-state index in [0.717, 1.165) is 44.1 Å². The van der Waals surface area contributed by atoms with Crippen molar-refractivity contribution in [2.45, 2.75) is 47.6 Å². The topological polar surface area (TPSA) is 19.6 Å². The van der Waals surface area contributed by atoms with E-state index in [1.165, 1.54) is 16.5 Å². The van der Waals surface area contributed by atoms with E-state index >= 15 is 0 Å². The van der Waals surface area contributed by atoms with Crippen LogP contribution in [-0.2, 0) is 0 Å². The Labute approximate surface area is 141 Å². The Morgan fingerprint density at radius 2 is 1.61 bits per heavy atom. The second-order valence-electron chi connectivity index (χ2n) is 6.23. The average Bonchev–Trinajstić information content (AvgIpc) is 2.87. The van der Waals surface area contributed by atoms with Gasteiger partial charge in [0.05, 0.1) is 6.04 Å². The van der Waals surface area contributed by atoms with Crippen molar-refractivity contribution in [3.05, 3.63) is 35.1 Å². The van der Waals surface area contributed by atoms with Crippen LogP contribution in [0.25, 0.3) is 11.0 Å². The predicted molar refractivity (Wildman–Crippen MR) is 99.1 cm³/mol. The smallest absolute Gasteiger partial charge is 0.139 e. The molecule has 0 radical (unpaired) electrons. The van der Waals surface area contributed by atoms with Gasteiger partial charge in [-0.1, -0.05) is 45.9 Å². The van der Waals surface area contributed by atoms with Crippen LogP contribution < -0.4 is 0 Å². The SMILES string of the molecule is CCN(CC)CC(c1cccc2c(C)c(C)oc12)N(CC)CC. The van der Waals surface area contributed by atoms with Gasteiger partial charge >= 0.3 is 0 Å². The Bertz CT molecular complexity index is 624. The summed E-state index contributed by atoms with van der Waals surface area (Å²) >= 11 is 0. The minimum Gasteiger partial charge on any atom is -0.461 e. The molecule has 0 saturated carbocycles. The lowest BCUT2D eigenvalue weighted by Crippen LogP contribution is -2.38. The van der Waals surface area contributed by atoms with Gasteiger partial charge in [0.1, 0.15) is 11.3 Å². The van der Waals surface area contributed by atoms with Crippen molar-refractivity contribution >= 4 is 11.0 Å². The van der Waals surface area contributed by atoms with Crippen molar-refractivity contribution in [2.24, 2.45) is 0 Å². The maximum Gasteiger partial charge on any atom is 0.139 e. The number of furan rings is 1. The predicted octanol–water partition coefficient (Wildman–Crippen LogP) is 4.77. The Morgan fingerprint density at radius 1 is 0.957 bits per heavy atom. The van der Waals surface area contributed by atoms with Gasteiger partial charge in [0, 0.05) is 17.5 Å². The molecular formula is C20H32N2O. The zero-order valence-electron chi connectivity index (χ0n) is 15.6. The summed E-state index contributed by atoms with van der Waals surface area (Å²) in [5, 5.41) is 1.26. The zero-order chi connectivity index (χ0) is 17.0. The molecule has 0 spiro atoms. The minimum atomic E-state index is 0.374. The van der Waals surface area contributed by atoms with Crippen LogP contribution in [0.4, 0.5) is 0 Å². The fourth-order valence-electron chi connectivity index (χ4n) is 3.45. The largest absolute Gasteiger partial charge is 0.461 e. The first-order valence-electron chi connectivity index (χ1n) is 9.02. The fourth-order valence-corrected chi connectivity index (χ4v) is 3.45. The number of benzene rings is 1. The third-order valence-electron chi connectivity index (χ3n) is 5.17. The molecule has 2 aromatic rings. The molecule has 0 aliphatic rings. The van der Waals surface area contributed by atoms with Gasteiger partial charge in [0.15, 0.2) is 0 Å². The lowest BCUT2D eigenvalue weighted by atomic mass is 10.0. The number of hydrogen-bond acceptors (Lipinski definition) is 3. The van der Waals surface area contributed by atoms with Crippen LogP contribution in [0, 0.1) is 13.8 Å². The number of fused-ring (bicyclic) bond motifs is 1. The summed E-state index contributed by atoms with van der Waals surface area (Å²) < 4.78 is 6.15. The second kappa shape index (κ2) is 7.98. The molecule has 0 N–H and O–H groups in total. The van der Waals surface area contributed by atoms with Crippen molar-refractivity contribution in [3.63, 3.8) is 0 Å². The molecule has 1 atom stereocenters. The Kier molecular flexibility index (Phi) is 6.25. The summed E-state index contributed by atoms with van der Waals surface area (Å²) in [7, 11) is 0. The van der Waals surface area contributed by atoms with Gasteiger partial charge in [0.2, 0.25) is 0 Å². The third-order valence-corrected chi connectivity index (χ3v) is 5.17. The highest BCUT2D eigenvalue weighted by Crippen LogP contribution is 2.33. The van der Waals surface area contributed by atoms with Gasteiger partial charge in [-0.25, -0.2) is 0 Å². The second-order valence-corrected chi connectivity index (χ2v) is 6.23. The minimum absolute atomic E-state index is 0.374. The molecular weight excluding hydrogens is 284 g/mol. The van der Waals surface area contributed by atoms with E-state index in [9.17, 15) is 0 Å². The first-order valence-corrected chi connectivity index (χ1v) is 9.02. The Hall–Kier alpha value is -1.32. The third kappa shape index (κ3) is 3.61. The van der Waals surface area contributed by atoms with Crippen molar-refractivity contribution in [2.75, 3.05) is 32.7 Å². The zero-order valence-corrected chi connectivity index (χ0v) is 15.6. The summed E-state index contributed by atoms with van der Waals surface area (Å²) in [6.45, 7) is 18.5. The molecule has 3 nitrogen and oxygen atoms in total. The molecule has 0 amide bonds. The summed E-state index contributed by atoms with van der Waals surface area (Å²) in [4.78, 5) is 5.05. The summed E-state index contributed by atoms with van der Waals surface area (Å²) in [6, 6.07) is 6.98. The Balaban J connectivity index is 2.52. The molecule has 0 fully saturated rings. The van der Waals surface area contributed by atoms with E-state index in [0.29, 0.717) is 6.04 Å². The molecule has 0 aliphatic carbocycles. The summed E-state index contributed by atoms with van der Waals surface area (Å²) in [5.41, 5.74) is 3.67. The normalized spacial score (nSPS) is 13.4. The first kappa shape index (κ1) is 18.0. The molecule has 23 heavy (non-hydrogen) atoms. The van der Waals surface area contributed by atoms with Crippen LogP contribution in [0.3, 0.4) is 0 Å². The molecule has 2 rings (SSSR count). The van der Waals surface area contributed by atoms with Gasteiger partial charge < -0.3 is 9.32 Å². The molecule has 1 heterocycles. The number of aryl methyl sites for hydroxylation is 2. The van der Waals surface area contributed by atoms with Crippen LogP contribution in [0.5, 0.6) is 0 Å². The van der Waals surface area contributed by atoms with E-state index in [1.807, 2.05) is 0 Å². The molecule has 1 unspecified atom stereocenters. The highest BCUT2D eigenvalue weighted by molar-refractivity contribution is 5.85. The molecule has 3 heteroatoms. The van der Waals surface area contributed by atoms with E-state index in [4.69, 9.17) is 4.42 Å². The highest BCUT2D eigenvalue weighted by Gasteiger charge is 2.24. The van der Waals surface area contributed by atoms with Gasteiger partial charge in [-0.2, -0.15) is 0 Å². The van der Waals surface area contributed by atoms with Crippen molar-refractivity contribution in [1.29, 1.82) is 0 Å². The number of para-hydroxylation sites is 1. The maximum absolute atomic E-state index is 6.15. The molecule has 0 aliphatic heterocycles. The highest BCUT2D eigenvalue weighted by atomic mass is 16.3. The average molecular weight is 316 g/mol. The standard InChI is InChI=1S/C20H32N2O/c1-7-21(8-2)14-19(22(9-3)10-4)18-13-11-12-17-15(5)16(6)23-20(17)18/h11-13,19H,7-10,14H2,1-6H3. The van der Waals surface area contributed by atoms with Crippen molar-refractivity contribution in [3.8, 4) is 0 Å². The van der Waals surface area contributed by atoms with Gasteiger partial charge in [-0.3, -0.25) is 4.90 Å². The van der Waals surface area contributed by atoms with Crippen LogP contribution in [0.1, 0.15) is 50.6 Å². The van der Waals surface area contributed by atoms with E-state index in [-0.39, 0.29) is 0 Å². The quantitative estimate of drug-likeness (QED) is 0.699. The van der Waals surface area contributed by atoms with E-state index < -0.39 is 0 Å². The molecule has 1 aromatic carbocycles. The van der Waals surface area contributed by atoms with E-state index in [1.54, 1.807) is 0 Å². The number of hydrogen-bond donors (Lipinski definition) is 0. The van der Waals surface area contributed by atoms with Crippen molar-refractivity contribution < 1.29 is 4.42 Å². The fraction of sp³-hybridized carbons (Fsp3) is 0.600. The monoisotopic (exact) mass is 316 g/mol. The molecule has 0 bridgehead atoms. The van der Waals surface area contributed by atoms with Crippen LogP contribution in [0.2, 0.25) is 0 Å². The summed E-state index contributed by atoms with van der Waals surface area (Å²) in [5.74, 6) is 1.04.